The van der Waals surface area contributed by atoms with E-state index in [0.717, 1.165) is 11.1 Å². The smallest absolute Gasteiger partial charge is 0.341 e. The lowest BCUT2D eigenvalue weighted by atomic mass is 10.1. The highest BCUT2D eigenvalue weighted by Gasteiger charge is 2.06. The van der Waals surface area contributed by atoms with Crippen molar-refractivity contribution in [2.75, 3.05) is 6.61 Å². The van der Waals surface area contributed by atoms with Crippen molar-refractivity contribution in [2.24, 2.45) is 0 Å². The van der Waals surface area contributed by atoms with E-state index in [1.807, 2.05) is 32.0 Å². The molecule has 2 aromatic rings. The fraction of sp³-hybridized carbons (Fsp3) is 0.167. The van der Waals surface area contributed by atoms with Gasteiger partial charge in [0.25, 0.3) is 0 Å². The molecule has 6 heteroatoms. The zero-order valence-electron chi connectivity index (χ0n) is 13.3. The number of benzene rings is 2. The van der Waals surface area contributed by atoms with Crippen LogP contribution in [-0.2, 0) is 4.79 Å². The number of nitriles is 1. The van der Waals surface area contributed by atoms with Crippen LogP contribution in [0.25, 0.3) is 0 Å². The van der Waals surface area contributed by atoms with Crippen LogP contribution in [0, 0.1) is 25.2 Å². The number of aryl methyl sites for hydroxylation is 2. The van der Waals surface area contributed by atoms with E-state index in [-0.39, 0.29) is 17.7 Å². The maximum absolute atomic E-state index is 10.4. The molecule has 6 nitrogen and oxygen atoms in total. The summed E-state index contributed by atoms with van der Waals surface area (Å²) in [5.74, 6) is -1.42. The van der Waals surface area contributed by atoms with Crippen molar-refractivity contribution in [3.63, 3.8) is 0 Å². The van der Waals surface area contributed by atoms with Crippen LogP contribution in [0.2, 0.25) is 0 Å². The molecule has 0 radical (unpaired) electrons. The van der Waals surface area contributed by atoms with Gasteiger partial charge in [-0.3, -0.25) is 0 Å². The Hall–Kier alpha value is -3.33. The van der Waals surface area contributed by atoms with Crippen LogP contribution in [0.4, 0.5) is 0 Å². The quantitative estimate of drug-likeness (QED) is 0.893. The molecule has 0 saturated carbocycles. The van der Waals surface area contributed by atoms with Crippen molar-refractivity contribution in [1.29, 1.82) is 5.26 Å². The third kappa shape index (κ3) is 6.20. The molecular formula is C18H17NO5. The minimum absolute atomic E-state index is 0.0509. The highest BCUT2D eigenvalue weighted by atomic mass is 16.5. The number of aromatic carboxylic acids is 1. The summed E-state index contributed by atoms with van der Waals surface area (Å²) in [4.78, 5) is 20.6. The molecule has 0 spiro atoms. The molecule has 0 aliphatic carbocycles. The molecule has 0 atom stereocenters. The number of hydrogen-bond acceptors (Lipinski definition) is 4. The second-order valence-electron chi connectivity index (χ2n) is 4.97. The monoisotopic (exact) mass is 327 g/mol. The van der Waals surface area contributed by atoms with E-state index in [4.69, 9.17) is 20.2 Å². The number of rotatable bonds is 4. The Morgan fingerprint density at radius 1 is 1.08 bits per heavy atom. The van der Waals surface area contributed by atoms with Crippen LogP contribution in [0.5, 0.6) is 5.75 Å². The van der Waals surface area contributed by atoms with E-state index in [2.05, 4.69) is 0 Å². The molecule has 2 N–H and O–H groups in total. The summed E-state index contributed by atoms with van der Waals surface area (Å²) in [6.45, 7) is 3.60. The van der Waals surface area contributed by atoms with E-state index in [1.165, 1.54) is 12.1 Å². The molecular weight excluding hydrogens is 310 g/mol. The second kappa shape index (κ2) is 8.96. The molecule has 2 rings (SSSR count). The minimum atomic E-state index is -1.07. The number of hydrogen-bond donors (Lipinski definition) is 2. The van der Waals surface area contributed by atoms with Crippen molar-refractivity contribution in [3.05, 3.63) is 64.7 Å². The van der Waals surface area contributed by atoms with Crippen LogP contribution in [0.15, 0.2) is 42.5 Å². The standard InChI is InChI=1S/C10H12O3.C8H5NO2/c1-7-3-8(2)5-9(4-7)13-6-10(11)12;9-5-6-3-1-2-4-7(6)8(10)11/h3-5H,6H2,1-2H3,(H,11,12);1-4H,(H,10,11). The van der Waals surface area contributed by atoms with Gasteiger partial charge in [-0.25, -0.2) is 9.59 Å². The Labute approximate surface area is 139 Å². The second-order valence-corrected chi connectivity index (χ2v) is 4.97. The summed E-state index contributed by atoms with van der Waals surface area (Å²) in [6.07, 6.45) is 0. The molecule has 24 heavy (non-hydrogen) atoms. The SMILES string of the molecule is Cc1cc(C)cc(OCC(=O)O)c1.N#Cc1ccccc1C(=O)O. The third-order valence-corrected chi connectivity index (χ3v) is 2.84. The Morgan fingerprint density at radius 2 is 1.67 bits per heavy atom. The number of carboxylic acid groups (broad SMARTS) is 2. The van der Waals surface area contributed by atoms with E-state index >= 15 is 0 Å². The number of aliphatic carboxylic acids is 1. The van der Waals surface area contributed by atoms with Crippen molar-refractivity contribution in [2.45, 2.75) is 13.8 Å². The summed E-state index contributed by atoms with van der Waals surface area (Å²) < 4.78 is 5.03. The first kappa shape index (κ1) is 18.7. The summed E-state index contributed by atoms with van der Waals surface area (Å²) in [5.41, 5.74) is 2.38. The van der Waals surface area contributed by atoms with Gasteiger partial charge in [0.05, 0.1) is 11.1 Å². The molecule has 0 aliphatic heterocycles. The van der Waals surface area contributed by atoms with E-state index in [0.29, 0.717) is 5.75 Å². The van der Waals surface area contributed by atoms with E-state index in [9.17, 15) is 9.59 Å². The van der Waals surface area contributed by atoms with Gasteiger partial charge in [0.2, 0.25) is 0 Å². The lowest BCUT2D eigenvalue weighted by Crippen LogP contribution is -2.09. The van der Waals surface area contributed by atoms with Gasteiger partial charge in [-0.2, -0.15) is 5.26 Å². The fourth-order valence-corrected chi connectivity index (χ4v) is 1.93. The molecule has 0 amide bonds. The normalized spacial score (nSPS) is 9.21. The van der Waals surface area contributed by atoms with Gasteiger partial charge >= 0.3 is 11.9 Å². The van der Waals surface area contributed by atoms with Crippen molar-refractivity contribution < 1.29 is 24.5 Å². The Balaban J connectivity index is 0.000000243. The molecule has 0 bridgehead atoms. The van der Waals surface area contributed by atoms with Crippen LogP contribution in [0.3, 0.4) is 0 Å². The lowest BCUT2D eigenvalue weighted by molar-refractivity contribution is -0.139. The van der Waals surface area contributed by atoms with E-state index < -0.39 is 11.9 Å². The number of carbonyl (C=O) groups is 2. The van der Waals surface area contributed by atoms with Gasteiger partial charge in [0.15, 0.2) is 6.61 Å². The van der Waals surface area contributed by atoms with Gasteiger partial charge in [-0.1, -0.05) is 18.2 Å². The average molecular weight is 327 g/mol. The number of nitrogens with zero attached hydrogens (tertiary/aromatic N) is 1. The van der Waals surface area contributed by atoms with Gasteiger partial charge in [0.1, 0.15) is 11.8 Å². The first-order valence-corrected chi connectivity index (χ1v) is 6.98. The lowest BCUT2D eigenvalue weighted by Gasteiger charge is -2.05. The molecule has 0 aromatic heterocycles. The van der Waals surface area contributed by atoms with Crippen molar-refractivity contribution in [1.82, 2.24) is 0 Å². The molecule has 0 unspecified atom stereocenters. The first-order valence-electron chi connectivity index (χ1n) is 6.98. The van der Waals surface area contributed by atoms with Gasteiger partial charge in [-0.05, 0) is 49.2 Å². The topological polar surface area (TPSA) is 108 Å². The maximum atomic E-state index is 10.4. The fourth-order valence-electron chi connectivity index (χ4n) is 1.93. The van der Waals surface area contributed by atoms with Crippen molar-refractivity contribution >= 4 is 11.9 Å². The van der Waals surface area contributed by atoms with Crippen LogP contribution >= 0.6 is 0 Å². The average Bonchev–Trinajstić information content (AvgIpc) is 2.52. The zero-order valence-corrected chi connectivity index (χ0v) is 13.3. The molecule has 2 aromatic carbocycles. The van der Waals surface area contributed by atoms with E-state index in [1.54, 1.807) is 18.2 Å². The summed E-state index contributed by atoms with van der Waals surface area (Å²) in [5, 5.41) is 25.4. The Morgan fingerprint density at radius 3 is 2.12 bits per heavy atom. The minimum Gasteiger partial charge on any atom is -0.482 e. The predicted octanol–water partition coefficient (Wildman–Crippen LogP) is 3.02. The first-order chi connectivity index (χ1) is 11.3. The Kier molecular flexibility index (Phi) is 6.98. The highest BCUT2D eigenvalue weighted by molar-refractivity contribution is 5.90. The zero-order chi connectivity index (χ0) is 18.1. The number of carboxylic acids is 2. The molecule has 0 fully saturated rings. The largest absolute Gasteiger partial charge is 0.482 e. The summed E-state index contributed by atoms with van der Waals surface area (Å²) in [6, 6.07) is 13.5. The van der Waals surface area contributed by atoms with Gasteiger partial charge in [0, 0.05) is 0 Å². The predicted molar refractivity (Wildman–Crippen MR) is 87.2 cm³/mol. The Bertz CT molecular complexity index is 757. The third-order valence-electron chi connectivity index (χ3n) is 2.84. The summed E-state index contributed by atoms with van der Waals surface area (Å²) in [7, 11) is 0. The molecule has 0 aliphatic rings. The van der Waals surface area contributed by atoms with Gasteiger partial charge < -0.3 is 14.9 Å². The van der Waals surface area contributed by atoms with Crippen molar-refractivity contribution in [3.8, 4) is 11.8 Å². The highest BCUT2D eigenvalue weighted by Crippen LogP contribution is 2.15. The van der Waals surface area contributed by atoms with Crippen LogP contribution in [-0.4, -0.2) is 28.8 Å². The molecule has 0 heterocycles. The molecule has 124 valence electrons. The molecule has 0 saturated heterocycles. The summed E-state index contributed by atoms with van der Waals surface area (Å²) >= 11 is 0. The van der Waals surface area contributed by atoms with Crippen LogP contribution in [0.1, 0.15) is 27.0 Å². The van der Waals surface area contributed by atoms with Gasteiger partial charge in [-0.15, -0.1) is 0 Å². The van der Waals surface area contributed by atoms with Crippen LogP contribution < -0.4 is 4.74 Å². The maximum Gasteiger partial charge on any atom is 0.341 e. The number of ether oxygens (including phenoxy) is 1.